The standard InChI is InChI=1S/C16H23ClN2O2/c1-16(2,3)11-4-6-12(7-5-11)18-15-10-13(19(20)21)8-9-14(15)17/h8-12,18H,4-7H2,1-3H3. The number of anilines is 1. The quantitative estimate of drug-likeness (QED) is 0.611. The fourth-order valence-electron chi connectivity index (χ4n) is 3.06. The van der Waals surface area contributed by atoms with Crippen molar-refractivity contribution in [3.05, 3.63) is 33.3 Å². The van der Waals surface area contributed by atoms with E-state index in [1.165, 1.54) is 25.0 Å². The third kappa shape index (κ3) is 4.10. The molecule has 1 fully saturated rings. The van der Waals surface area contributed by atoms with Gasteiger partial charge in [-0.05, 0) is 43.1 Å². The average Bonchev–Trinajstić information content (AvgIpc) is 2.40. The first kappa shape index (κ1) is 16.1. The zero-order chi connectivity index (χ0) is 15.6. The summed E-state index contributed by atoms with van der Waals surface area (Å²) in [5.74, 6) is 0.746. The molecule has 0 aromatic heterocycles. The van der Waals surface area contributed by atoms with Gasteiger partial charge in [-0.2, -0.15) is 0 Å². The van der Waals surface area contributed by atoms with Crippen molar-refractivity contribution in [1.82, 2.24) is 0 Å². The second-order valence-electron chi connectivity index (χ2n) is 6.98. The number of non-ortho nitro benzene ring substituents is 1. The van der Waals surface area contributed by atoms with E-state index in [4.69, 9.17) is 11.6 Å². The van der Waals surface area contributed by atoms with Crippen LogP contribution in [0.5, 0.6) is 0 Å². The zero-order valence-corrected chi connectivity index (χ0v) is 13.6. The maximum Gasteiger partial charge on any atom is 0.271 e. The number of benzene rings is 1. The lowest BCUT2D eigenvalue weighted by Gasteiger charge is -2.37. The van der Waals surface area contributed by atoms with Crippen molar-refractivity contribution in [2.24, 2.45) is 11.3 Å². The van der Waals surface area contributed by atoms with E-state index in [9.17, 15) is 10.1 Å². The minimum Gasteiger partial charge on any atom is -0.381 e. The van der Waals surface area contributed by atoms with Crippen molar-refractivity contribution >= 4 is 23.0 Å². The molecular weight excluding hydrogens is 288 g/mol. The molecule has 2 rings (SSSR count). The largest absolute Gasteiger partial charge is 0.381 e. The Bertz CT molecular complexity index is 517. The van der Waals surface area contributed by atoms with Crippen molar-refractivity contribution < 1.29 is 4.92 Å². The van der Waals surface area contributed by atoms with E-state index >= 15 is 0 Å². The van der Waals surface area contributed by atoms with Crippen LogP contribution in [0.15, 0.2) is 18.2 Å². The van der Waals surface area contributed by atoms with E-state index in [1.54, 1.807) is 6.07 Å². The first-order chi connectivity index (χ1) is 9.77. The van der Waals surface area contributed by atoms with Gasteiger partial charge in [0.1, 0.15) is 0 Å². The summed E-state index contributed by atoms with van der Waals surface area (Å²) in [5.41, 5.74) is 1.10. The molecule has 0 bridgehead atoms. The first-order valence-electron chi connectivity index (χ1n) is 7.48. The smallest absolute Gasteiger partial charge is 0.271 e. The lowest BCUT2D eigenvalue weighted by Crippen LogP contribution is -2.31. The maximum absolute atomic E-state index is 10.8. The number of hydrogen-bond acceptors (Lipinski definition) is 3. The molecule has 0 heterocycles. The molecule has 0 spiro atoms. The zero-order valence-electron chi connectivity index (χ0n) is 12.9. The van der Waals surface area contributed by atoms with Gasteiger partial charge in [0.2, 0.25) is 0 Å². The summed E-state index contributed by atoms with van der Waals surface area (Å²) in [5, 5.41) is 14.8. The Kier molecular flexibility index (Phi) is 4.77. The molecule has 4 nitrogen and oxygen atoms in total. The van der Waals surface area contributed by atoms with Crippen molar-refractivity contribution in [2.75, 3.05) is 5.32 Å². The molecule has 1 N–H and O–H groups in total. The number of rotatable bonds is 3. The summed E-state index contributed by atoms with van der Waals surface area (Å²) in [6.45, 7) is 6.88. The van der Waals surface area contributed by atoms with Crippen LogP contribution in [0.4, 0.5) is 11.4 Å². The summed E-state index contributed by atoms with van der Waals surface area (Å²) >= 11 is 6.14. The molecule has 1 aliphatic carbocycles. The fraction of sp³-hybridized carbons (Fsp3) is 0.625. The molecule has 0 radical (unpaired) electrons. The summed E-state index contributed by atoms with van der Waals surface area (Å²) in [6.07, 6.45) is 4.54. The van der Waals surface area contributed by atoms with Gasteiger partial charge >= 0.3 is 0 Å². The molecule has 1 saturated carbocycles. The van der Waals surface area contributed by atoms with Gasteiger partial charge in [0.15, 0.2) is 0 Å². The first-order valence-corrected chi connectivity index (χ1v) is 7.85. The lowest BCUT2D eigenvalue weighted by molar-refractivity contribution is -0.384. The third-order valence-electron chi connectivity index (χ3n) is 4.47. The van der Waals surface area contributed by atoms with Gasteiger partial charge < -0.3 is 5.32 Å². The minimum atomic E-state index is -0.391. The van der Waals surface area contributed by atoms with Gasteiger partial charge in [-0.1, -0.05) is 32.4 Å². The second kappa shape index (κ2) is 6.22. The predicted octanol–water partition coefficient (Wildman–Crippen LogP) is 5.27. The Balaban J connectivity index is 2.01. The molecule has 21 heavy (non-hydrogen) atoms. The number of nitrogens with zero attached hydrogens (tertiary/aromatic N) is 1. The molecule has 1 aliphatic rings. The Morgan fingerprint density at radius 1 is 1.24 bits per heavy atom. The highest BCUT2D eigenvalue weighted by atomic mass is 35.5. The van der Waals surface area contributed by atoms with Crippen molar-refractivity contribution in [3.8, 4) is 0 Å². The van der Waals surface area contributed by atoms with Crippen LogP contribution < -0.4 is 5.32 Å². The predicted molar refractivity (Wildman–Crippen MR) is 86.9 cm³/mol. The van der Waals surface area contributed by atoms with E-state index in [1.807, 2.05) is 0 Å². The third-order valence-corrected chi connectivity index (χ3v) is 4.80. The fourth-order valence-corrected chi connectivity index (χ4v) is 3.23. The Labute approximate surface area is 131 Å². The second-order valence-corrected chi connectivity index (χ2v) is 7.39. The van der Waals surface area contributed by atoms with E-state index in [-0.39, 0.29) is 5.69 Å². The topological polar surface area (TPSA) is 55.2 Å². The summed E-state index contributed by atoms with van der Waals surface area (Å²) in [6, 6.07) is 4.90. The lowest BCUT2D eigenvalue weighted by atomic mass is 9.71. The number of halogens is 1. The van der Waals surface area contributed by atoms with Gasteiger partial charge in [0, 0.05) is 18.2 Å². The molecule has 1 aromatic rings. The van der Waals surface area contributed by atoms with Crippen LogP contribution in [0.3, 0.4) is 0 Å². The highest BCUT2D eigenvalue weighted by Crippen LogP contribution is 2.39. The Morgan fingerprint density at radius 3 is 2.38 bits per heavy atom. The summed E-state index contributed by atoms with van der Waals surface area (Å²) < 4.78 is 0. The molecule has 0 amide bonds. The molecule has 0 saturated heterocycles. The normalized spacial score (nSPS) is 22.9. The van der Waals surface area contributed by atoms with Crippen LogP contribution in [0, 0.1) is 21.4 Å². The Hall–Kier alpha value is -1.29. The van der Waals surface area contributed by atoms with Gasteiger partial charge in [-0.3, -0.25) is 10.1 Å². The van der Waals surface area contributed by atoms with Crippen LogP contribution in [0.1, 0.15) is 46.5 Å². The highest BCUT2D eigenvalue weighted by molar-refractivity contribution is 6.33. The van der Waals surface area contributed by atoms with Crippen molar-refractivity contribution in [2.45, 2.75) is 52.5 Å². The molecule has 5 heteroatoms. The number of hydrogen-bond donors (Lipinski definition) is 1. The maximum atomic E-state index is 10.8. The average molecular weight is 311 g/mol. The van der Waals surface area contributed by atoms with Crippen molar-refractivity contribution in [3.63, 3.8) is 0 Å². The van der Waals surface area contributed by atoms with E-state index in [0.717, 1.165) is 18.8 Å². The molecule has 116 valence electrons. The van der Waals surface area contributed by atoms with Gasteiger partial charge in [-0.15, -0.1) is 0 Å². The summed E-state index contributed by atoms with van der Waals surface area (Å²) in [4.78, 5) is 10.5. The van der Waals surface area contributed by atoms with Crippen LogP contribution in [-0.2, 0) is 0 Å². The van der Waals surface area contributed by atoms with Gasteiger partial charge in [-0.25, -0.2) is 0 Å². The molecule has 0 atom stereocenters. The SMILES string of the molecule is CC(C)(C)C1CCC(Nc2cc([N+](=O)[O-])ccc2Cl)CC1. The van der Waals surface area contributed by atoms with Gasteiger partial charge in [0.25, 0.3) is 5.69 Å². The van der Waals surface area contributed by atoms with Crippen LogP contribution in [0.25, 0.3) is 0 Å². The summed E-state index contributed by atoms with van der Waals surface area (Å²) in [7, 11) is 0. The van der Waals surface area contributed by atoms with Gasteiger partial charge in [0.05, 0.1) is 15.6 Å². The van der Waals surface area contributed by atoms with E-state index < -0.39 is 4.92 Å². The minimum absolute atomic E-state index is 0.0743. The number of nitro benzene ring substituents is 1. The number of nitro groups is 1. The molecule has 1 aromatic carbocycles. The molecule has 0 aliphatic heterocycles. The van der Waals surface area contributed by atoms with Crippen LogP contribution in [-0.4, -0.2) is 11.0 Å². The molecule has 0 unspecified atom stereocenters. The van der Waals surface area contributed by atoms with Crippen LogP contribution >= 0.6 is 11.6 Å². The van der Waals surface area contributed by atoms with Crippen molar-refractivity contribution in [1.29, 1.82) is 0 Å². The number of nitrogens with one attached hydrogen (secondary N) is 1. The van der Waals surface area contributed by atoms with E-state index in [2.05, 4.69) is 26.1 Å². The Morgan fingerprint density at radius 2 is 1.86 bits per heavy atom. The van der Waals surface area contributed by atoms with E-state index in [0.29, 0.717) is 22.2 Å². The highest BCUT2D eigenvalue weighted by Gasteiger charge is 2.29. The monoisotopic (exact) mass is 310 g/mol. The van der Waals surface area contributed by atoms with Crippen LogP contribution in [0.2, 0.25) is 5.02 Å². The molecular formula is C16H23ClN2O2.